The van der Waals surface area contributed by atoms with Crippen LogP contribution in [-0.4, -0.2) is 90.0 Å². The fourth-order valence-corrected chi connectivity index (χ4v) is 8.49. The summed E-state index contributed by atoms with van der Waals surface area (Å²) in [4.78, 5) is 5.83. The van der Waals surface area contributed by atoms with Gasteiger partial charge in [0.05, 0.1) is 9.79 Å². The van der Waals surface area contributed by atoms with Crippen molar-refractivity contribution in [2.24, 2.45) is 0 Å². The van der Waals surface area contributed by atoms with Crippen LogP contribution in [0.25, 0.3) is 0 Å². The van der Waals surface area contributed by atoms with E-state index in [0.717, 1.165) is 54.7 Å². The topological polar surface area (TPSA) is 111 Å². The summed E-state index contributed by atoms with van der Waals surface area (Å²) in [7, 11) is -6.88. The van der Waals surface area contributed by atoms with E-state index in [9.17, 15) is 21.4 Å². The standard InChI is InChI=1S/C32H42N4O6S2/c1-6-34(7-2)23-10-13-26-29(20-23)42-30-21-24(35(8-3)9-4)11-14-27(30)32(26)28-15-12-25(22-31(28)44(39,40)41)43(37,38)36-18-16-33(5)17-19-36/h10-15,20-22,32H,6-9,16-19H2,1-5H3,(H,39,40,41). The highest BCUT2D eigenvalue weighted by Gasteiger charge is 2.35. The van der Waals surface area contributed by atoms with Crippen LogP contribution in [0.1, 0.15) is 50.3 Å². The van der Waals surface area contributed by atoms with E-state index in [1.807, 2.05) is 48.3 Å². The van der Waals surface area contributed by atoms with Crippen molar-refractivity contribution in [1.82, 2.24) is 9.21 Å². The highest BCUT2D eigenvalue weighted by atomic mass is 32.2. The lowest BCUT2D eigenvalue weighted by molar-refractivity contribution is 0.222. The van der Waals surface area contributed by atoms with E-state index in [0.29, 0.717) is 37.7 Å². The zero-order chi connectivity index (χ0) is 31.8. The first-order valence-corrected chi connectivity index (χ1v) is 18.1. The summed E-state index contributed by atoms with van der Waals surface area (Å²) in [6.07, 6.45) is 0. The third kappa shape index (κ3) is 6.05. The quantitative estimate of drug-likeness (QED) is 0.243. The van der Waals surface area contributed by atoms with Gasteiger partial charge in [-0.3, -0.25) is 4.55 Å². The van der Waals surface area contributed by atoms with E-state index in [-0.39, 0.29) is 10.5 Å². The van der Waals surface area contributed by atoms with E-state index in [4.69, 9.17) is 4.74 Å². The molecule has 0 atom stereocenters. The molecule has 2 heterocycles. The van der Waals surface area contributed by atoms with Gasteiger partial charge in [0.15, 0.2) is 0 Å². The summed E-state index contributed by atoms with van der Waals surface area (Å²) < 4.78 is 71.4. The molecule has 10 nitrogen and oxygen atoms in total. The minimum absolute atomic E-state index is 0.167. The van der Waals surface area contributed by atoms with Crippen LogP contribution in [0.15, 0.2) is 64.4 Å². The maximum absolute atomic E-state index is 13.6. The second-order valence-corrected chi connectivity index (χ2v) is 14.5. The number of sulfonamides is 1. The predicted molar refractivity (Wildman–Crippen MR) is 174 cm³/mol. The predicted octanol–water partition coefficient (Wildman–Crippen LogP) is 4.85. The Labute approximate surface area is 261 Å². The Bertz CT molecular complexity index is 1670. The summed E-state index contributed by atoms with van der Waals surface area (Å²) in [5, 5.41) is 0. The Morgan fingerprint density at radius 1 is 0.727 bits per heavy atom. The zero-order valence-corrected chi connectivity index (χ0v) is 27.7. The third-order valence-electron chi connectivity index (χ3n) is 8.77. The molecule has 2 aliphatic heterocycles. The van der Waals surface area contributed by atoms with Crippen molar-refractivity contribution in [2.75, 3.05) is 69.2 Å². The van der Waals surface area contributed by atoms with Crippen molar-refractivity contribution >= 4 is 31.5 Å². The Morgan fingerprint density at radius 3 is 1.66 bits per heavy atom. The molecule has 3 aromatic rings. The normalized spacial score (nSPS) is 16.2. The van der Waals surface area contributed by atoms with Crippen molar-refractivity contribution in [3.05, 3.63) is 71.3 Å². The monoisotopic (exact) mass is 642 g/mol. The van der Waals surface area contributed by atoms with Crippen molar-refractivity contribution in [3.63, 3.8) is 0 Å². The first kappa shape index (κ1) is 32.2. The van der Waals surface area contributed by atoms with E-state index in [1.165, 1.54) is 16.4 Å². The van der Waals surface area contributed by atoms with Crippen LogP contribution in [0.5, 0.6) is 11.5 Å². The number of fused-ring (bicyclic) bond motifs is 2. The molecule has 0 saturated carbocycles. The Balaban J connectivity index is 1.70. The number of hydrogen-bond donors (Lipinski definition) is 1. The van der Waals surface area contributed by atoms with E-state index < -0.39 is 31.0 Å². The number of anilines is 2. The number of rotatable bonds is 10. The lowest BCUT2D eigenvalue weighted by Crippen LogP contribution is -2.47. The van der Waals surface area contributed by atoms with Gasteiger partial charge in [-0.1, -0.05) is 18.2 Å². The molecule has 0 bridgehead atoms. The van der Waals surface area contributed by atoms with Crippen molar-refractivity contribution < 1.29 is 26.1 Å². The summed E-state index contributed by atoms with van der Waals surface area (Å²) >= 11 is 0. The first-order chi connectivity index (χ1) is 20.9. The Kier molecular flexibility index (Phi) is 9.29. The van der Waals surface area contributed by atoms with Gasteiger partial charge in [0, 0.05) is 92.9 Å². The van der Waals surface area contributed by atoms with Crippen LogP contribution >= 0.6 is 0 Å². The van der Waals surface area contributed by atoms with Crippen LogP contribution in [0, 0.1) is 0 Å². The smallest absolute Gasteiger partial charge is 0.294 e. The molecule has 1 N–H and O–H groups in total. The molecule has 0 amide bonds. The maximum atomic E-state index is 13.6. The largest absolute Gasteiger partial charge is 0.457 e. The molecule has 0 spiro atoms. The van der Waals surface area contributed by atoms with E-state index >= 15 is 0 Å². The number of likely N-dealkylation sites (N-methyl/N-ethyl adjacent to an activating group) is 1. The molecule has 0 aromatic heterocycles. The van der Waals surface area contributed by atoms with Gasteiger partial charge >= 0.3 is 0 Å². The molecule has 1 saturated heterocycles. The summed E-state index contributed by atoms with van der Waals surface area (Å²) in [5.74, 6) is 0.528. The highest BCUT2D eigenvalue weighted by Crippen LogP contribution is 2.50. The molecule has 12 heteroatoms. The number of ether oxygens (including phenoxy) is 1. The Hall–Kier alpha value is -3.16. The van der Waals surface area contributed by atoms with Crippen LogP contribution in [0.4, 0.5) is 11.4 Å². The van der Waals surface area contributed by atoms with Crippen molar-refractivity contribution in [3.8, 4) is 11.5 Å². The van der Waals surface area contributed by atoms with Gasteiger partial charge in [-0.05, 0) is 64.6 Å². The fourth-order valence-electron chi connectivity index (χ4n) is 6.21. The van der Waals surface area contributed by atoms with Gasteiger partial charge in [-0.25, -0.2) is 8.42 Å². The molecule has 2 aliphatic rings. The van der Waals surface area contributed by atoms with Crippen LogP contribution < -0.4 is 14.5 Å². The molecule has 0 aliphatic carbocycles. The van der Waals surface area contributed by atoms with Crippen molar-refractivity contribution in [2.45, 2.75) is 43.4 Å². The number of benzene rings is 3. The SMILES string of the molecule is CCN(CC)c1ccc2c(c1)Oc1cc(N(CC)CC)ccc1C2c1ccc(S(=O)(=O)N2CCN(C)CC2)cc1S(=O)(=O)O. The second-order valence-electron chi connectivity index (χ2n) is 11.2. The van der Waals surface area contributed by atoms with Gasteiger partial charge in [0.25, 0.3) is 10.1 Å². The zero-order valence-electron chi connectivity index (χ0n) is 26.0. The van der Waals surface area contributed by atoms with E-state index in [2.05, 4.69) is 37.5 Å². The summed E-state index contributed by atoms with van der Waals surface area (Å²) in [6, 6.07) is 15.8. The minimum Gasteiger partial charge on any atom is -0.457 e. The van der Waals surface area contributed by atoms with Crippen LogP contribution in [0.2, 0.25) is 0 Å². The van der Waals surface area contributed by atoms with Gasteiger partial charge in [0.1, 0.15) is 11.5 Å². The molecule has 0 radical (unpaired) electrons. The van der Waals surface area contributed by atoms with Gasteiger partial charge < -0.3 is 19.4 Å². The molecule has 0 unspecified atom stereocenters. The minimum atomic E-state index is -4.82. The lowest BCUT2D eigenvalue weighted by atomic mass is 9.82. The summed E-state index contributed by atoms with van der Waals surface area (Å²) in [5.41, 5.74) is 3.67. The second kappa shape index (κ2) is 12.7. The average Bonchev–Trinajstić information content (AvgIpc) is 3.00. The van der Waals surface area contributed by atoms with Crippen LogP contribution in [-0.2, 0) is 20.1 Å². The molecule has 3 aromatic carbocycles. The number of piperazine rings is 1. The van der Waals surface area contributed by atoms with E-state index in [1.54, 1.807) is 0 Å². The molecule has 238 valence electrons. The molecular weight excluding hydrogens is 601 g/mol. The van der Waals surface area contributed by atoms with Crippen molar-refractivity contribution in [1.29, 1.82) is 0 Å². The fraction of sp³-hybridized carbons (Fsp3) is 0.438. The molecule has 5 rings (SSSR count). The summed E-state index contributed by atoms with van der Waals surface area (Å²) in [6.45, 7) is 13.3. The molecule has 1 fully saturated rings. The first-order valence-electron chi connectivity index (χ1n) is 15.2. The average molecular weight is 643 g/mol. The molecular formula is C32H42N4O6S2. The van der Waals surface area contributed by atoms with Crippen LogP contribution in [0.3, 0.4) is 0 Å². The lowest BCUT2D eigenvalue weighted by Gasteiger charge is -2.33. The number of hydrogen-bond acceptors (Lipinski definition) is 8. The van der Waals surface area contributed by atoms with Gasteiger partial charge in [-0.2, -0.15) is 12.7 Å². The Morgan fingerprint density at radius 2 is 1.20 bits per heavy atom. The molecule has 44 heavy (non-hydrogen) atoms. The third-order valence-corrected chi connectivity index (χ3v) is 11.6. The number of nitrogens with zero attached hydrogens (tertiary/aromatic N) is 4. The highest BCUT2D eigenvalue weighted by molar-refractivity contribution is 7.89. The van der Waals surface area contributed by atoms with Gasteiger partial charge in [0.2, 0.25) is 10.0 Å². The maximum Gasteiger partial charge on any atom is 0.294 e. The van der Waals surface area contributed by atoms with Gasteiger partial charge in [-0.15, -0.1) is 0 Å².